The molecule has 0 spiro atoms. The number of anilines is 1. The highest BCUT2D eigenvalue weighted by Crippen LogP contribution is 2.52. The van der Waals surface area contributed by atoms with Gasteiger partial charge in [-0.15, -0.1) is 0 Å². The second-order valence-corrected chi connectivity index (χ2v) is 12.0. The average Bonchev–Trinajstić information content (AvgIpc) is 3.19. The van der Waals surface area contributed by atoms with Gasteiger partial charge in [0.15, 0.2) is 0 Å². The molecule has 4 rings (SSSR count). The molecule has 1 saturated heterocycles. The standard InChI is InChI=1S/C31H30Cl2F2N4O/c1-30(2,3)15-25-31(17-36,22-12-11-19(32)14-24(22)34)26(21-9-6-10-23(33)27(21)35)28(39-25)29(40)38-20-8-5-7-18(13-20)16-37-4/h5-14,16,25-26,28,39H,15H2,1-4H3,(H,38,40)/b37-16+/t25-,26-,28+,31-/m0/s1. The monoisotopic (exact) mass is 582 g/mol. The Labute approximate surface area is 243 Å². The van der Waals surface area contributed by atoms with Gasteiger partial charge < -0.3 is 10.6 Å². The van der Waals surface area contributed by atoms with Crippen LogP contribution in [0.5, 0.6) is 0 Å². The summed E-state index contributed by atoms with van der Waals surface area (Å²) in [5.74, 6) is -3.12. The maximum Gasteiger partial charge on any atom is 0.242 e. The summed E-state index contributed by atoms with van der Waals surface area (Å²) < 4.78 is 31.5. The summed E-state index contributed by atoms with van der Waals surface area (Å²) in [5.41, 5.74) is -0.682. The van der Waals surface area contributed by atoms with Gasteiger partial charge in [0.1, 0.15) is 17.0 Å². The fourth-order valence-corrected chi connectivity index (χ4v) is 5.96. The van der Waals surface area contributed by atoms with Crippen LogP contribution in [0.2, 0.25) is 10.0 Å². The number of rotatable bonds is 6. The number of hydrogen-bond acceptors (Lipinski definition) is 4. The number of amides is 1. The highest BCUT2D eigenvalue weighted by molar-refractivity contribution is 6.31. The molecule has 4 atom stereocenters. The maximum atomic E-state index is 15.7. The summed E-state index contributed by atoms with van der Waals surface area (Å²) in [5, 5.41) is 17.1. The van der Waals surface area contributed by atoms with Crippen molar-refractivity contribution in [2.24, 2.45) is 10.4 Å². The van der Waals surface area contributed by atoms with Crippen LogP contribution in [0, 0.1) is 28.4 Å². The molecule has 0 aromatic heterocycles. The Kier molecular flexibility index (Phi) is 8.65. The number of hydrogen-bond donors (Lipinski definition) is 2. The molecule has 40 heavy (non-hydrogen) atoms. The third-order valence-electron chi connectivity index (χ3n) is 7.16. The summed E-state index contributed by atoms with van der Waals surface area (Å²) in [4.78, 5) is 18.0. The van der Waals surface area contributed by atoms with Crippen molar-refractivity contribution >= 4 is 41.0 Å². The minimum atomic E-state index is -1.69. The van der Waals surface area contributed by atoms with Gasteiger partial charge in [-0.05, 0) is 53.3 Å². The third-order valence-corrected chi connectivity index (χ3v) is 7.69. The second kappa shape index (κ2) is 11.7. The SMILES string of the molecule is C/N=C/c1cccc(NC(=O)[C@@H]2N[C@@H](CC(C)(C)C)[C@](C#N)(c3ccc(Cl)cc3F)[C@H]2c2cccc(Cl)c2F)c1. The number of aliphatic imine (C=N–C) groups is 1. The number of halogens is 4. The molecule has 208 valence electrons. The Morgan fingerprint density at radius 1 is 1.15 bits per heavy atom. The van der Waals surface area contributed by atoms with E-state index in [1.54, 1.807) is 37.5 Å². The number of benzene rings is 3. The Morgan fingerprint density at radius 3 is 2.52 bits per heavy atom. The van der Waals surface area contributed by atoms with E-state index >= 15 is 8.78 Å². The average molecular weight is 584 g/mol. The summed E-state index contributed by atoms with van der Waals surface area (Å²) in [6.45, 7) is 5.95. The Bertz CT molecular complexity index is 1500. The topological polar surface area (TPSA) is 77.3 Å². The largest absolute Gasteiger partial charge is 0.325 e. The predicted molar refractivity (Wildman–Crippen MR) is 156 cm³/mol. The van der Waals surface area contributed by atoms with Crippen molar-refractivity contribution in [2.75, 3.05) is 12.4 Å². The molecule has 1 amide bonds. The molecule has 1 heterocycles. The predicted octanol–water partition coefficient (Wildman–Crippen LogP) is 7.28. The van der Waals surface area contributed by atoms with Gasteiger partial charge >= 0.3 is 0 Å². The van der Waals surface area contributed by atoms with E-state index in [2.05, 4.69) is 21.7 Å². The van der Waals surface area contributed by atoms with E-state index in [0.717, 1.165) is 11.6 Å². The van der Waals surface area contributed by atoms with Gasteiger partial charge in [-0.25, -0.2) is 8.78 Å². The molecule has 0 unspecified atom stereocenters. The van der Waals surface area contributed by atoms with E-state index in [1.165, 1.54) is 24.3 Å². The van der Waals surface area contributed by atoms with Crippen LogP contribution in [0.1, 0.15) is 49.8 Å². The van der Waals surface area contributed by atoms with Gasteiger partial charge in [0.25, 0.3) is 0 Å². The van der Waals surface area contributed by atoms with E-state index in [9.17, 15) is 10.1 Å². The summed E-state index contributed by atoms with van der Waals surface area (Å²) in [7, 11) is 1.64. The minimum absolute atomic E-state index is 0.0296. The quantitative estimate of drug-likeness (QED) is 0.300. The first kappa shape index (κ1) is 29.7. The lowest BCUT2D eigenvalue weighted by Crippen LogP contribution is -2.45. The molecule has 3 aromatic rings. The molecule has 0 bridgehead atoms. The fraction of sp³-hybridized carbons (Fsp3) is 0.323. The smallest absolute Gasteiger partial charge is 0.242 e. The van der Waals surface area contributed by atoms with Gasteiger partial charge in [-0.1, -0.05) is 74.3 Å². The summed E-state index contributed by atoms with van der Waals surface area (Å²) in [6.07, 6.45) is 2.03. The van der Waals surface area contributed by atoms with E-state index in [-0.39, 0.29) is 26.6 Å². The van der Waals surface area contributed by atoms with Gasteiger partial charge in [0, 0.05) is 41.5 Å². The van der Waals surface area contributed by atoms with Crippen LogP contribution in [0.15, 0.2) is 65.7 Å². The van der Waals surface area contributed by atoms with Gasteiger partial charge in [0.05, 0.1) is 17.1 Å². The van der Waals surface area contributed by atoms with Crippen molar-refractivity contribution in [1.29, 1.82) is 5.26 Å². The number of carbonyl (C=O) groups is 1. The first-order chi connectivity index (χ1) is 18.9. The molecule has 5 nitrogen and oxygen atoms in total. The molecule has 1 aliphatic heterocycles. The zero-order chi connectivity index (χ0) is 29.2. The lowest BCUT2D eigenvalue weighted by Gasteiger charge is -2.37. The zero-order valence-corrected chi connectivity index (χ0v) is 24.1. The zero-order valence-electron chi connectivity index (χ0n) is 22.6. The fourth-order valence-electron chi connectivity index (χ4n) is 5.62. The maximum absolute atomic E-state index is 15.7. The lowest BCUT2D eigenvalue weighted by atomic mass is 9.62. The molecular formula is C31H30Cl2F2N4O. The number of nitrogens with zero attached hydrogens (tertiary/aromatic N) is 2. The molecule has 2 N–H and O–H groups in total. The Balaban J connectivity index is 1.94. The molecule has 9 heteroatoms. The van der Waals surface area contributed by atoms with Gasteiger partial charge in [0.2, 0.25) is 5.91 Å². The van der Waals surface area contributed by atoms with E-state index < -0.39 is 41.0 Å². The van der Waals surface area contributed by atoms with Crippen LogP contribution in [0.4, 0.5) is 14.5 Å². The van der Waals surface area contributed by atoms with Crippen molar-refractivity contribution in [3.8, 4) is 6.07 Å². The molecule has 1 aliphatic rings. The van der Waals surface area contributed by atoms with Crippen LogP contribution < -0.4 is 10.6 Å². The second-order valence-electron chi connectivity index (χ2n) is 11.2. The molecule has 0 radical (unpaired) electrons. The number of carbonyl (C=O) groups excluding carboxylic acids is 1. The first-order valence-electron chi connectivity index (χ1n) is 12.8. The molecule has 0 aliphatic carbocycles. The molecule has 1 fully saturated rings. The number of nitriles is 1. The van der Waals surface area contributed by atoms with Crippen LogP contribution >= 0.6 is 23.2 Å². The van der Waals surface area contributed by atoms with Crippen LogP contribution in [-0.2, 0) is 10.2 Å². The molecular weight excluding hydrogens is 553 g/mol. The van der Waals surface area contributed by atoms with Crippen molar-refractivity contribution in [3.05, 3.63) is 99.0 Å². The Morgan fingerprint density at radius 2 is 1.88 bits per heavy atom. The van der Waals surface area contributed by atoms with Crippen molar-refractivity contribution in [2.45, 2.75) is 50.6 Å². The highest BCUT2D eigenvalue weighted by Gasteiger charge is 2.61. The molecule has 3 aromatic carbocycles. The summed E-state index contributed by atoms with van der Waals surface area (Å²) >= 11 is 12.3. The third kappa shape index (κ3) is 5.76. The van der Waals surface area contributed by atoms with Crippen molar-refractivity contribution in [1.82, 2.24) is 5.32 Å². The lowest BCUT2D eigenvalue weighted by molar-refractivity contribution is -0.118. The Hall–Kier alpha value is -3.31. The highest BCUT2D eigenvalue weighted by atomic mass is 35.5. The normalized spacial score (nSPS) is 22.8. The van der Waals surface area contributed by atoms with Crippen LogP contribution in [0.3, 0.4) is 0 Å². The van der Waals surface area contributed by atoms with Crippen LogP contribution in [0.25, 0.3) is 0 Å². The molecule has 0 saturated carbocycles. The van der Waals surface area contributed by atoms with Crippen LogP contribution in [-0.4, -0.2) is 31.3 Å². The van der Waals surface area contributed by atoms with E-state index in [0.29, 0.717) is 12.1 Å². The first-order valence-corrected chi connectivity index (χ1v) is 13.6. The number of nitrogens with one attached hydrogen (secondary N) is 2. The van der Waals surface area contributed by atoms with Crippen molar-refractivity contribution < 1.29 is 13.6 Å². The van der Waals surface area contributed by atoms with Gasteiger partial charge in [-0.2, -0.15) is 5.26 Å². The van der Waals surface area contributed by atoms with E-state index in [4.69, 9.17) is 23.2 Å². The van der Waals surface area contributed by atoms with Gasteiger partial charge in [-0.3, -0.25) is 9.79 Å². The van der Waals surface area contributed by atoms with E-state index in [1.807, 2.05) is 26.8 Å². The van der Waals surface area contributed by atoms with Crippen molar-refractivity contribution in [3.63, 3.8) is 0 Å². The minimum Gasteiger partial charge on any atom is -0.325 e. The summed E-state index contributed by atoms with van der Waals surface area (Å²) in [6, 6.07) is 16.1.